The third-order valence-corrected chi connectivity index (χ3v) is 3.61. The molecule has 1 heterocycles. The second-order valence-corrected chi connectivity index (χ2v) is 6.42. The molecule has 4 nitrogen and oxygen atoms in total. The van der Waals surface area contributed by atoms with E-state index in [4.69, 9.17) is 0 Å². The first kappa shape index (κ1) is 15.1. The number of nitrogens with one attached hydrogen (secondary N) is 1. The first-order valence-corrected chi connectivity index (χ1v) is 7.90. The Hall–Kier alpha value is -1.32. The van der Waals surface area contributed by atoms with E-state index in [0.29, 0.717) is 17.9 Å². The second kappa shape index (κ2) is 6.42. The molecule has 0 radical (unpaired) electrons. The molecule has 0 spiro atoms. The van der Waals surface area contributed by atoms with E-state index in [9.17, 15) is 0 Å². The number of anilines is 2. The molecule has 2 rings (SSSR count). The van der Waals surface area contributed by atoms with Gasteiger partial charge in [0.15, 0.2) is 0 Å². The summed E-state index contributed by atoms with van der Waals surface area (Å²) in [4.78, 5) is 11.6. The minimum absolute atomic E-state index is 0.425. The Balaban J connectivity index is 2.39. The molecule has 1 aromatic heterocycles. The lowest BCUT2D eigenvalue weighted by Crippen LogP contribution is -2.32. The van der Waals surface area contributed by atoms with Crippen LogP contribution in [0.1, 0.15) is 58.9 Å². The van der Waals surface area contributed by atoms with Crippen molar-refractivity contribution >= 4 is 11.6 Å². The van der Waals surface area contributed by atoms with Crippen molar-refractivity contribution in [2.24, 2.45) is 5.92 Å². The summed E-state index contributed by atoms with van der Waals surface area (Å²) in [6, 6.07) is 0.680. The van der Waals surface area contributed by atoms with Crippen LogP contribution in [0.25, 0.3) is 0 Å². The zero-order chi connectivity index (χ0) is 14.7. The normalized spacial score (nSPS) is 14.9. The van der Waals surface area contributed by atoms with Gasteiger partial charge in [-0.15, -0.1) is 0 Å². The molecule has 1 aliphatic carbocycles. The van der Waals surface area contributed by atoms with Crippen LogP contribution in [0.4, 0.5) is 11.6 Å². The van der Waals surface area contributed by atoms with Crippen LogP contribution in [-0.2, 0) is 0 Å². The first-order valence-electron chi connectivity index (χ1n) is 7.90. The van der Waals surface area contributed by atoms with E-state index in [1.807, 2.05) is 0 Å². The van der Waals surface area contributed by atoms with Crippen molar-refractivity contribution in [2.45, 2.75) is 59.4 Å². The molecule has 0 bridgehead atoms. The van der Waals surface area contributed by atoms with Gasteiger partial charge in [0.05, 0.1) is 0 Å². The van der Waals surface area contributed by atoms with Crippen LogP contribution in [0, 0.1) is 5.92 Å². The molecule has 1 N–H and O–H groups in total. The monoisotopic (exact) mass is 276 g/mol. The Morgan fingerprint density at radius 3 is 2.45 bits per heavy atom. The summed E-state index contributed by atoms with van der Waals surface area (Å²) in [5, 5.41) is 3.39. The maximum Gasteiger partial charge on any atom is 0.137 e. The molecule has 4 heteroatoms. The summed E-state index contributed by atoms with van der Waals surface area (Å²) < 4.78 is 0. The highest BCUT2D eigenvalue weighted by Crippen LogP contribution is 2.37. The van der Waals surface area contributed by atoms with Crippen molar-refractivity contribution in [3.8, 4) is 0 Å². The molecule has 1 aliphatic rings. The zero-order valence-electron chi connectivity index (χ0n) is 13.5. The van der Waals surface area contributed by atoms with Crippen molar-refractivity contribution in [3.05, 3.63) is 11.9 Å². The topological polar surface area (TPSA) is 41.1 Å². The molecule has 1 aromatic rings. The van der Waals surface area contributed by atoms with Gasteiger partial charge in [-0.05, 0) is 31.6 Å². The highest BCUT2D eigenvalue weighted by molar-refractivity contribution is 5.61. The van der Waals surface area contributed by atoms with Crippen LogP contribution in [0.15, 0.2) is 6.33 Å². The maximum atomic E-state index is 4.63. The van der Waals surface area contributed by atoms with E-state index in [2.05, 4.69) is 54.8 Å². The summed E-state index contributed by atoms with van der Waals surface area (Å²) >= 11 is 0. The Bertz CT molecular complexity index is 438. The van der Waals surface area contributed by atoms with Crippen molar-refractivity contribution in [3.63, 3.8) is 0 Å². The van der Waals surface area contributed by atoms with Gasteiger partial charge in [0.25, 0.3) is 0 Å². The maximum absolute atomic E-state index is 4.63. The molecule has 1 saturated carbocycles. The van der Waals surface area contributed by atoms with Crippen LogP contribution in [-0.4, -0.2) is 29.1 Å². The molecule has 112 valence electrons. The van der Waals surface area contributed by atoms with Gasteiger partial charge in [-0.25, -0.2) is 9.97 Å². The van der Waals surface area contributed by atoms with Crippen LogP contribution in [0.3, 0.4) is 0 Å². The van der Waals surface area contributed by atoms with Crippen molar-refractivity contribution in [1.29, 1.82) is 0 Å². The molecule has 1 fully saturated rings. The second-order valence-electron chi connectivity index (χ2n) is 6.42. The molecular weight excluding hydrogens is 248 g/mol. The molecule has 0 amide bonds. The van der Waals surface area contributed by atoms with Crippen molar-refractivity contribution in [1.82, 2.24) is 9.97 Å². The minimum Gasteiger partial charge on any atom is -0.370 e. The lowest BCUT2D eigenvalue weighted by molar-refractivity contribution is 0.598. The van der Waals surface area contributed by atoms with Gasteiger partial charge in [-0.2, -0.15) is 0 Å². The van der Waals surface area contributed by atoms with Gasteiger partial charge < -0.3 is 10.2 Å². The van der Waals surface area contributed by atoms with Crippen molar-refractivity contribution in [2.75, 3.05) is 23.3 Å². The van der Waals surface area contributed by atoms with Gasteiger partial charge >= 0.3 is 0 Å². The summed E-state index contributed by atoms with van der Waals surface area (Å²) in [6.45, 7) is 13.1. The Morgan fingerprint density at radius 1 is 1.25 bits per heavy atom. The third-order valence-electron chi connectivity index (χ3n) is 3.61. The molecule has 0 aliphatic heterocycles. The number of hydrogen-bond donors (Lipinski definition) is 1. The van der Waals surface area contributed by atoms with E-state index in [-0.39, 0.29) is 0 Å². The molecule has 0 aromatic carbocycles. The Kier molecular flexibility index (Phi) is 4.84. The fourth-order valence-electron chi connectivity index (χ4n) is 2.64. The Labute approximate surface area is 123 Å². The van der Waals surface area contributed by atoms with Crippen molar-refractivity contribution < 1.29 is 0 Å². The highest BCUT2D eigenvalue weighted by Gasteiger charge is 2.32. The fourth-order valence-corrected chi connectivity index (χ4v) is 2.64. The largest absolute Gasteiger partial charge is 0.370 e. The van der Waals surface area contributed by atoms with Gasteiger partial charge in [0.2, 0.25) is 0 Å². The van der Waals surface area contributed by atoms with Gasteiger partial charge in [0.1, 0.15) is 18.0 Å². The van der Waals surface area contributed by atoms with Gasteiger partial charge in [0, 0.05) is 24.7 Å². The van der Waals surface area contributed by atoms with E-state index < -0.39 is 0 Å². The van der Waals surface area contributed by atoms with E-state index in [0.717, 1.165) is 24.7 Å². The van der Waals surface area contributed by atoms with E-state index in [1.54, 1.807) is 6.33 Å². The van der Waals surface area contributed by atoms with Crippen LogP contribution < -0.4 is 10.2 Å². The number of aromatic nitrogens is 2. The fraction of sp³-hybridized carbons (Fsp3) is 0.750. The lowest BCUT2D eigenvalue weighted by atomic mass is 10.0. The van der Waals surface area contributed by atoms with Crippen LogP contribution in [0.5, 0.6) is 0 Å². The molecule has 0 unspecified atom stereocenters. The number of rotatable bonds is 7. The average Bonchev–Trinajstić information content (AvgIpc) is 3.19. The van der Waals surface area contributed by atoms with E-state index >= 15 is 0 Å². The average molecular weight is 276 g/mol. The van der Waals surface area contributed by atoms with Gasteiger partial charge in [-0.1, -0.05) is 27.7 Å². The molecule has 0 saturated heterocycles. The SMILES string of the molecule is CCNc1ncnc(N(CC(C)C)C2CC2)c1C(C)C. The smallest absolute Gasteiger partial charge is 0.137 e. The molecular formula is C16H28N4. The first-order chi connectivity index (χ1) is 9.54. The third kappa shape index (κ3) is 3.41. The summed E-state index contributed by atoms with van der Waals surface area (Å²) in [6.07, 6.45) is 4.30. The van der Waals surface area contributed by atoms with Crippen LogP contribution >= 0.6 is 0 Å². The summed E-state index contributed by atoms with van der Waals surface area (Å²) in [7, 11) is 0. The van der Waals surface area contributed by atoms with E-state index in [1.165, 1.54) is 18.4 Å². The predicted molar refractivity (Wildman–Crippen MR) is 85.5 cm³/mol. The number of nitrogens with zero attached hydrogens (tertiary/aromatic N) is 3. The summed E-state index contributed by atoms with van der Waals surface area (Å²) in [5.74, 6) is 3.21. The molecule has 20 heavy (non-hydrogen) atoms. The standard InChI is InChI=1S/C16H28N4/c1-6-17-15-14(12(4)5)16(19-10-18-15)20(9-11(2)3)13-7-8-13/h10-13H,6-9H2,1-5H3,(H,17,18,19). The van der Waals surface area contributed by atoms with Crippen LogP contribution in [0.2, 0.25) is 0 Å². The molecule has 0 atom stereocenters. The lowest BCUT2D eigenvalue weighted by Gasteiger charge is -2.29. The minimum atomic E-state index is 0.425. The predicted octanol–water partition coefficient (Wildman–Crippen LogP) is 3.66. The Morgan fingerprint density at radius 2 is 1.95 bits per heavy atom. The zero-order valence-corrected chi connectivity index (χ0v) is 13.5. The quantitative estimate of drug-likeness (QED) is 0.825. The van der Waals surface area contributed by atoms with Gasteiger partial charge in [-0.3, -0.25) is 0 Å². The summed E-state index contributed by atoms with van der Waals surface area (Å²) in [5.41, 5.74) is 1.27. The highest BCUT2D eigenvalue weighted by atomic mass is 15.2. The number of hydrogen-bond acceptors (Lipinski definition) is 4.